The zero-order chi connectivity index (χ0) is 12.8. The molecular weight excluding hydrogens is 204 g/mol. The Bertz CT molecular complexity index is 215. The summed E-state index contributed by atoms with van der Waals surface area (Å²) >= 11 is 0. The molecule has 4 heteroatoms. The lowest BCUT2D eigenvalue weighted by Crippen LogP contribution is -2.47. The molecule has 2 atom stereocenters. The van der Waals surface area contributed by atoms with E-state index in [4.69, 9.17) is 5.73 Å². The maximum Gasteiger partial charge on any atom is 0.237 e. The van der Waals surface area contributed by atoms with Crippen molar-refractivity contribution < 1.29 is 9.90 Å². The maximum atomic E-state index is 11.6. The second-order valence-electron chi connectivity index (χ2n) is 5.20. The van der Waals surface area contributed by atoms with Crippen molar-refractivity contribution in [1.82, 2.24) is 5.32 Å². The first-order valence-electron chi connectivity index (χ1n) is 6.04. The van der Waals surface area contributed by atoms with Crippen LogP contribution in [0.4, 0.5) is 0 Å². The summed E-state index contributed by atoms with van der Waals surface area (Å²) in [5.74, 6) is 0.224. The van der Waals surface area contributed by atoms with Gasteiger partial charge in [-0.15, -0.1) is 0 Å². The summed E-state index contributed by atoms with van der Waals surface area (Å²) in [6.45, 7) is 8.05. The number of nitrogens with one attached hydrogen (secondary N) is 1. The van der Waals surface area contributed by atoms with Crippen LogP contribution < -0.4 is 11.1 Å². The summed E-state index contributed by atoms with van der Waals surface area (Å²) in [5, 5.41) is 12.6. The molecule has 0 rings (SSSR count). The molecule has 16 heavy (non-hydrogen) atoms. The summed E-state index contributed by atoms with van der Waals surface area (Å²) < 4.78 is 0. The van der Waals surface area contributed by atoms with Gasteiger partial charge in [-0.05, 0) is 25.7 Å². The van der Waals surface area contributed by atoms with Crippen molar-refractivity contribution in [2.45, 2.75) is 58.6 Å². The first-order valence-corrected chi connectivity index (χ1v) is 6.04. The van der Waals surface area contributed by atoms with Gasteiger partial charge in [-0.1, -0.05) is 27.2 Å². The van der Waals surface area contributed by atoms with Crippen molar-refractivity contribution in [2.75, 3.05) is 6.54 Å². The van der Waals surface area contributed by atoms with Crippen molar-refractivity contribution in [1.29, 1.82) is 0 Å². The number of aliphatic hydroxyl groups is 1. The van der Waals surface area contributed by atoms with E-state index in [1.54, 1.807) is 6.92 Å². The van der Waals surface area contributed by atoms with Crippen LogP contribution in [0.5, 0.6) is 0 Å². The topological polar surface area (TPSA) is 75.3 Å². The molecule has 4 N–H and O–H groups in total. The minimum Gasteiger partial charge on any atom is -0.388 e. The van der Waals surface area contributed by atoms with Crippen LogP contribution >= 0.6 is 0 Å². The summed E-state index contributed by atoms with van der Waals surface area (Å²) in [7, 11) is 0. The normalized spacial score (nSPS) is 16.9. The van der Waals surface area contributed by atoms with Crippen molar-refractivity contribution >= 4 is 5.91 Å². The van der Waals surface area contributed by atoms with E-state index in [1.807, 2.05) is 20.8 Å². The maximum absolute atomic E-state index is 11.6. The van der Waals surface area contributed by atoms with Gasteiger partial charge in [0.25, 0.3) is 0 Å². The van der Waals surface area contributed by atoms with E-state index in [1.165, 1.54) is 0 Å². The highest BCUT2D eigenvalue weighted by Crippen LogP contribution is 2.10. The van der Waals surface area contributed by atoms with Crippen LogP contribution in [0.25, 0.3) is 0 Å². The molecule has 0 aliphatic heterocycles. The van der Waals surface area contributed by atoms with Crippen LogP contribution in [0.1, 0.15) is 47.0 Å². The SMILES string of the molecule is CCCC(C)(O)CNC(=O)[C@H](N)CC(C)C. The number of hydrogen-bond acceptors (Lipinski definition) is 3. The van der Waals surface area contributed by atoms with Crippen molar-refractivity contribution in [3.05, 3.63) is 0 Å². The third-order valence-electron chi connectivity index (χ3n) is 2.49. The Labute approximate surface area is 98.6 Å². The third kappa shape index (κ3) is 6.80. The monoisotopic (exact) mass is 230 g/mol. The van der Waals surface area contributed by atoms with Crippen molar-refractivity contribution in [3.8, 4) is 0 Å². The first-order chi connectivity index (χ1) is 7.28. The first kappa shape index (κ1) is 15.4. The van der Waals surface area contributed by atoms with Gasteiger partial charge in [0.15, 0.2) is 0 Å². The highest BCUT2D eigenvalue weighted by molar-refractivity contribution is 5.81. The van der Waals surface area contributed by atoms with E-state index in [9.17, 15) is 9.90 Å². The van der Waals surface area contributed by atoms with Gasteiger partial charge in [0.2, 0.25) is 5.91 Å². The van der Waals surface area contributed by atoms with Gasteiger partial charge >= 0.3 is 0 Å². The van der Waals surface area contributed by atoms with Crippen LogP contribution in [-0.4, -0.2) is 29.2 Å². The van der Waals surface area contributed by atoms with Crippen LogP contribution in [0.3, 0.4) is 0 Å². The Morgan fingerprint density at radius 3 is 2.50 bits per heavy atom. The fraction of sp³-hybridized carbons (Fsp3) is 0.917. The van der Waals surface area contributed by atoms with Gasteiger partial charge in [-0.2, -0.15) is 0 Å². The Morgan fingerprint density at radius 2 is 2.06 bits per heavy atom. The molecule has 0 aliphatic rings. The van der Waals surface area contributed by atoms with E-state index in [0.717, 1.165) is 6.42 Å². The summed E-state index contributed by atoms with van der Waals surface area (Å²) in [6.07, 6.45) is 2.23. The Balaban J connectivity index is 3.97. The highest BCUT2D eigenvalue weighted by atomic mass is 16.3. The number of rotatable bonds is 7. The molecule has 1 unspecified atom stereocenters. The van der Waals surface area contributed by atoms with Gasteiger partial charge in [0.1, 0.15) is 0 Å². The fourth-order valence-electron chi connectivity index (χ4n) is 1.65. The minimum absolute atomic E-state index is 0.176. The van der Waals surface area contributed by atoms with E-state index in [0.29, 0.717) is 18.8 Å². The molecule has 0 bridgehead atoms. The van der Waals surface area contributed by atoms with Crippen molar-refractivity contribution in [3.63, 3.8) is 0 Å². The molecule has 0 aromatic rings. The lowest BCUT2D eigenvalue weighted by molar-refractivity contribution is -0.123. The predicted octanol–water partition coefficient (Wildman–Crippen LogP) is 1.03. The molecule has 0 heterocycles. The second kappa shape index (κ2) is 6.86. The number of amides is 1. The third-order valence-corrected chi connectivity index (χ3v) is 2.49. The Morgan fingerprint density at radius 1 is 1.50 bits per heavy atom. The van der Waals surface area contributed by atoms with E-state index in [2.05, 4.69) is 5.32 Å². The van der Waals surface area contributed by atoms with Crippen LogP contribution in [0, 0.1) is 5.92 Å². The summed E-state index contributed by atoms with van der Waals surface area (Å²) in [5.41, 5.74) is 4.90. The Hall–Kier alpha value is -0.610. The predicted molar refractivity (Wildman–Crippen MR) is 66.0 cm³/mol. The Kier molecular flexibility index (Phi) is 6.60. The van der Waals surface area contributed by atoms with Gasteiger partial charge in [-0.25, -0.2) is 0 Å². The molecule has 0 fully saturated rings. The average molecular weight is 230 g/mol. The highest BCUT2D eigenvalue weighted by Gasteiger charge is 2.22. The average Bonchev–Trinajstić information content (AvgIpc) is 2.13. The van der Waals surface area contributed by atoms with Gasteiger partial charge in [0, 0.05) is 6.54 Å². The van der Waals surface area contributed by atoms with Gasteiger partial charge < -0.3 is 16.2 Å². The molecule has 0 radical (unpaired) electrons. The quantitative estimate of drug-likeness (QED) is 0.611. The molecule has 4 nitrogen and oxygen atoms in total. The van der Waals surface area contributed by atoms with E-state index < -0.39 is 11.6 Å². The van der Waals surface area contributed by atoms with Gasteiger partial charge in [-0.3, -0.25) is 4.79 Å². The second-order valence-corrected chi connectivity index (χ2v) is 5.20. The molecule has 0 aromatic heterocycles. The molecule has 1 amide bonds. The van der Waals surface area contributed by atoms with Gasteiger partial charge in [0.05, 0.1) is 11.6 Å². The molecule has 0 saturated carbocycles. The van der Waals surface area contributed by atoms with Crippen LogP contribution in [-0.2, 0) is 4.79 Å². The largest absolute Gasteiger partial charge is 0.388 e. The van der Waals surface area contributed by atoms with Crippen LogP contribution in [0.15, 0.2) is 0 Å². The molecule has 0 spiro atoms. The number of nitrogens with two attached hydrogens (primary N) is 1. The lowest BCUT2D eigenvalue weighted by Gasteiger charge is -2.24. The molecular formula is C12H26N2O2. The molecule has 0 aliphatic carbocycles. The van der Waals surface area contributed by atoms with E-state index in [-0.39, 0.29) is 12.5 Å². The van der Waals surface area contributed by atoms with Crippen LogP contribution in [0.2, 0.25) is 0 Å². The fourth-order valence-corrected chi connectivity index (χ4v) is 1.65. The molecule has 96 valence electrons. The summed E-state index contributed by atoms with van der Waals surface area (Å²) in [6, 6.07) is -0.475. The smallest absolute Gasteiger partial charge is 0.237 e. The number of carbonyl (C=O) groups is 1. The summed E-state index contributed by atoms with van der Waals surface area (Å²) in [4.78, 5) is 11.6. The molecule has 0 aromatic carbocycles. The van der Waals surface area contributed by atoms with E-state index >= 15 is 0 Å². The lowest BCUT2D eigenvalue weighted by atomic mass is 10.00. The number of hydrogen-bond donors (Lipinski definition) is 3. The number of carbonyl (C=O) groups excluding carboxylic acids is 1. The minimum atomic E-state index is -0.831. The standard InChI is InChI=1S/C12H26N2O2/c1-5-6-12(4,16)8-14-11(15)10(13)7-9(2)3/h9-10,16H,5-8,13H2,1-4H3,(H,14,15)/t10-,12?/m1/s1. The van der Waals surface area contributed by atoms with Crippen molar-refractivity contribution in [2.24, 2.45) is 11.7 Å². The molecule has 0 saturated heterocycles. The zero-order valence-corrected chi connectivity index (χ0v) is 10.9. The zero-order valence-electron chi connectivity index (χ0n) is 10.9.